The lowest BCUT2D eigenvalue weighted by atomic mass is 10.2. The van der Waals surface area contributed by atoms with Gasteiger partial charge in [0, 0.05) is 41.7 Å². The lowest BCUT2D eigenvalue weighted by Crippen LogP contribution is -2.13. The van der Waals surface area contributed by atoms with Crippen LogP contribution < -0.4 is 11.1 Å². The number of nitrogens with zero attached hydrogens (tertiary/aromatic N) is 2. The van der Waals surface area contributed by atoms with Crippen molar-refractivity contribution in [1.29, 1.82) is 0 Å². The number of amides is 1. The Hall–Kier alpha value is -1.95. The van der Waals surface area contributed by atoms with Gasteiger partial charge in [0.25, 0.3) is 0 Å². The molecule has 2 rings (SSSR count). The van der Waals surface area contributed by atoms with E-state index >= 15 is 0 Å². The molecule has 0 aliphatic rings. The summed E-state index contributed by atoms with van der Waals surface area (Å²) in [4.78, 5) is 12.9. The smallest absolute Gasteiger partial charge is 0.225 e. The third kappa shape index (κ3) is 4.03. The molecule has 0 bridgehead atoms. The van der Waals surface area contributed by atoms with Crippen LogP contribution >= 0.6 is 11.8 Å². The van der Waals surface area contributed by atoms with Crippen LogP contribution in [0.25, 0.3) is 0 Å². The van der Waals surface area contributed by atoms with Gasteiger partial charge in [-0.25, -0.2) is 0 Å². The van der Waals surface area contributed by atoms with Gasteiger partial charge in [-0.05, 0) is 30.7 Å². The highest BCUT2D eigenvalue weighted by molar-refractivity contribution is 7.99. The summed E-state index contributed by atoms with van der Waals surface area (Å²) in [6.45, 7) is 1.93. The second kappa shape index (κ2) is 6.47. The van der Waals surface area contributed by atoms with E-state index in [1.807, 2.05) is 32.3 Å². The Balaban J connectivity index is 1.80. The van der Waals surface area contributed by atoms with Crippen molar-refractivity contribution in [3.8, 4) is 0 Å². The molecule has 1 heterocycles. The average molecular weight is 290 g/mol. The minimum atomic E-state index is 0.00858. The molecule has 106 valence electrons. The third-order valence-corrected chi connectivity index (χ3v) is 3.76. The summed E-state index contributed by atoms with van der Waals surface area (Å²) in [5.41, 5.74) is 8.17. The summed E-state index contributed by atoms with van der Waals surface area (Å²) in [6, 6.07) is 5.46. The van der Waals surface area contributed by atoms with E-state index in [4.69, 9.17) is 5.73 Å². The Kier molecular flexibility index (Phi) is 4.68. The maximum absolute atomic E-state index is 11.9. The zero-order chi connectivity index (χ0) is 14.5. The van der Waals surface area contributed by atoms with Gasteiger partial charge < -0.3 is 11.1 Å². The standard InChI is InChI=1S/C14H18N4OS/c1-10-7-11(15)3-4-13(10)17-14(19)5-6-20-12-8-16-18(2)9-12/h3-4,7-9H,5-6,15H2,1-2H3,(H,17,19). The zero-order valence-corrected chi connectivity index (χ0v) is 12.4. The molecule has 0 atom stereocenters. The first kappa shape index (κ1) is 14.5. The van der Waals surface area contributed by atoms with Crippen molar-refractivity contribution >= 4 is 29.0 Å². The van der Waals surface area contributed by atoms with E-state index in [1.165, 1.54) is 0 Å². The molecule has 20 heavy (non-hydrogen) atoms. The number of anilines is 2. The minimum absolute atomic E-state index is 0.00858. The van der Waals surface area contributed by atoms with E-state index in [2.05, 4.69) is 10.4 Å². The minimum Gasteiger partial charge on any atom is -0.399 e. The average Bonchev–Trinajstić information content (AvgIpc) is 2.79. The number of aromatic nitrogens is 2. The predicted octanol–water partition coefficient (Wildman–Crippen LogP) is 2.43. The molecule has 6 heteroatoms. The molecule has 0 fully saturated rings. The van der Waals surface area contributed by atoms with Crippen LogP contribution in [0.1, 0.15) is 12.0 Å². The van der Waals surface area contributed by atoms with E-state index in [1.54, 1.807) is 28.7 Å². The number of nitrogen functional groups attached to an aromatic ring is 1. The lowest BCUT2D eigenvalue weighted by Gasteiger charge is -2.08. The van der Waals surface area contributed by atoms with Gasteiger partial charge in [0.15, 0.2) is 0 Å². The molecule has 0 spiro atoms. The van der Waals surface area contributed by atoms with Gasteiger partial charge in [-0.15, -0.1) is 11.8 Å². The van der Waals surface area contributed by atoms with Gasteiger partial charge in [-0.3, -0.25) is 9.48 Å². The quantitative estimate of drug-likeness (QED) is 0.655. The SMILES string of the molecule is Cc1cc(N)ccc1NC(=O)CCSc1cnn(C)c1. The molecular formula is C14H18N4OS. The Morgan fingerprint density at radius 3 is 2.95 bits per heavy atom. The molecule has 1 aromatic heterocycles. The molecule has 0 radical (unpaired) electrons. The van der Waals surface area contributed by atoms with Gasteiger partial charge in [-0.2, -0.15) is 5.10 Å². The summed E-state index contributed by atoms with van der Waals surface area (Å²) < 4.78 is 1.75. The van der Waals surface area contributed by atoms with Crippen LogP contribution in [-0.4, -0.2) is 21.4 Å². The zero-order valence-electron chi connectivity index (χ0n) is 11.6. The molecular weight excluding hydrogens is 272 g/mol. The number of benzene rings is 1. The number of carbonyl (C=O) groups excluding carboxylic acids is 1. The van der Waals surface area contributed by atoms with Crippen LogP contribution in [0.15, 0.2) is 35.5 Å². The van der Waals surface area contributed by atoms with Crippen molar-refractivity contribution in [2.75, 3.05) is 16.8 Å². The fourth-order valence-corrected chi connectivity index (χ4v) is 2.65. The number of rotatable bonds is 5. The molecule has 5 nitrogen and oxygen atoms in total. The maximum Gasteiger partial charge on any atom is 0.225 e. The van der Waals surface area contributed by atoms with Crippen molar-refractivity contribution < 1.29 is 4.79 Å². The van der Waals surface area contributed by atoms with Gasteiger partial charge in [0.1, 0.15) is 0 Å². The molecule has 0 saturated heterocycles. The molecule has 2 aromatic rings. The van der Waals surface area contributed by atoms with Crippen LogP contribution in [0.3, 0.4) is 0 Å². The number of aryl methyl sites for hydroxylation is 2. The fourth-order valence-electron chi connectivity index (χ4n) is 1.77. The maximum atomic E-state index is 11.9. The van der Waals surface area contributed by atoms with Gasteiger partial charge in [0.2, 0.25) is 5.91 Å². The summed E-state index contributed by atoms with van der Waals surface area (Å²) in [6.07, 6.45) is 4.20. The highest BCUT2D eigenvalue weighted by atomic mass is 32.2. The van der Waals surface area contributed by atoms with Crippen LogP contribution in [0.4, 0.5) is 11.4 Å². The van der Waals surface area contributed by atoms with Crippen LogP contribution in [-0.2, 0) is 11.8 Å². The largest absolute Gasteiger partial charge is 0.399 e. The lowest BCUT2D eigenvalue weighted by molar-refractivity contribution is -0.115. The number of hydrogen-bond acceptors (Lipinski definition) is 4. The third-order valence-electron chi connectivity index (χ3n) is 2.80. The number of nitrogens with two attached hydrogens (primary N) is 1. The topological polar surface area (TPSA) is 72.9 Å². The molecule has 0 saturated carbocycles. The first-order chi connectivity index (χ1) is 9.54. The number of carbonyl (C=O) groups is 1. The van der Waals surface area contributed by atoms with E-state index in [-0.39, 0.29) is 5.91 Å². The number of nitrogens with one attached hydrogen (secondary N) is 1. The van der Waals surface area contributed by atoms with Crippen LogP contribution in [0.2, 0.25) is 0 Å². The summed E-state index contributed by atoms with van der Waals surface area (Å²) in [5, 5.41) is 6.99. The number of hydrogen-bond donors (Lipinski definition) is 2. The molecule has 0 unspecified atom stereocenters. The van der Waals surface area contributed by atoms with Crippen molar-refractivity contribution in [3.63, 3.8) is 0 Å². The van der Waals surface area contributed by atoms with Crippen molar-refractivity contribution in [3.05, 3.63) is 36.2 Å². The highest BCUT2D eigenvalue weighted by Crippen LogP contribution is 2.20. The second-order valence-corrected chi connectivity index (χ2v) is 5.74. The number of thioether (sulfide) groups is 1. The highest BCUT2D eigenvalue weighted by Gasteiger charge is 2.06. The first-order valence-electron chi connectivity index (χ1n) is 6.32. The summed E-state index contributed by atoms with van der Waals surface area (Å²) in [7, 11) is 1.88. The first-order valence-corrected chi connectivity index (χ1v) is 7.30. The van der Waals surface area contributed by atoms with Gasteiger partial charge in [-0.1, -0.05) is 0 Å². The second-order valence-electron chi connectivity index (χ2n) is 4.57. The Bertz CT molecular complexity index is 609. The molecule has 1 aromatic carbocycles. The van der Waals surface area contributed by atoms with Gasteiger partial charge in [0.05, 0.1) is 6.20 Å². The van der Waals surface area contributed by atoms with Crippen molar-refractivity contribution in [2.45, 2.75) is 18.2 Å². The Morgan fingerprint density at radius 2 is 2.30 bits per heavy atom. The Morgan fingerprint density at radius 1 is 1.50 bits per heavy atom. The molecule has 0 aliphatic heterocycles. The summed E-state index contributed by atoms with van der Waals surface area (Å²) >= 11 is 1.62. The van der Waals surface area contributed by atoms with E-state index in [0.29, 0.717) is 12.1 Å². The van der Waals surface area contributed by atoms with Crippen molar-refractivity contribution in [2.24, 2.45) is 7.05 Å². The normalized spacial score (nSPS) is 10.5. The predicted molar refractivity (Wildman–Crippen MR) is 82.8 cm³/mol. The van der Waals surface area contributed by atoms with E-state index < -0.39 is 0 Å². The molecule has 1 amide bonds. The van der Waals surface area contributed by atoms with Crippen molar-refractivity contribution in [1.82, 2.24) is 9.78 Å². The summed E-state index contributed by atoms with van der Waals surface area (Å²) in [5.74, 6) is 0.736. The monoisotopic (exact) mass is 290 g/mol. The van der Waals surface area contributed by atoms with Crippen LogP contribution in [0.5, 0.6) is 0 Å². The van der Waals surface area contributed by atoms with E-state index in [0.717, 1.165) is 21.9 Å². The van der Waals surface area contributed by atoms with Gasteiger partial charge >= 0.3 is 0 Å². The van der Waals surface area contributed by atoms with Crippen LogP contribution in [0, 0.1) is 6.92 Å². The Labute approximate surface area is 122 Å². The molecule has 0 aliphatic carbocycles. The van der Waals surface area contributed by atoms with E-state index in [9.17, 15) is 4.79 Å². The fraction of sp³-hybridized carbons (Fsp3) is 0.286. The molecule has 3 N–H and O–H groups in total.